The second-order valence-electron chi connectivity index (χ2n) is 4.17. The van der Waals surface area contributed by atoms with Gasteiger partial charge in [0.25, 0.3) is 0 Å². The van der Waals surface area contributed by atoms with Crippen LogP contribution in [0.2, 0.25) is 0 Å². The number of fused-ring (bicyclic) bond motifs is 1. The number of hydrogen-bond acceptors (Lipinski definition) is 4. The molecule has 0 aliphatic carbocycles. The molecule has 0 amide bonds. The molecular formula is C14H14O4. The molecule has 0 unspecified atom stereocenters. The molecule has 0 spiro atoms. The summed E-state index contributed by atoms with van der Waals surface area (Å²) in [6, 6.07) is 6.70. The molecule has 0 atom stereocenters. The number of carbonyl (C=O) groups is 1. The molecule has 0 radical (unpaired) electrons. The average Bonchev–Trinajstić information content (AvgIpc) is 2.31. The first-order valence-electron chi connectivity index (χ1n) is 5.54. The highest BCUT2D eigenvalue weighted by Crippen LogP contribution is 2.42. The topological polar surface area (TPSA) is 66.8 Å². The fraction of sp³-hybridized carbons (Fsp3) is 0.214. The molecule has 4 nitrogen and oxygen atoms in total. The van der Waals surface area contributed by atoms with Crippen molar-refractivity contribution in [2.45, 2.75) is 13.3 Å². The molecule has 0 aromatic heterocycles. The summed E-state index contributed by atoms with van der Waals surface area (Å²) in [5.41, 5.74) is 0.498. The van der Waals surface area contributed by atoms with Crippen LogP contribution in [0.5, 0.6) is 17.2 Å². The zero-order valence-corrected chi connectivity index (χ0v) is 10.2. The summed E-state index contributed by atoms with van der Waals surface area (Å²) in [5, 5.41) is 21.1. The highest BCUT2D eigenvalue weighted by Gasteiger charge is 2.16. The van der Waals surface area contributed by atoms with Gasteiger partial charge in [0, 0.05) is 12.0 Å². The standard InChI is InChI=1S/C14H14O4/c1-8(15)6-10-7-9-4-3-5-11(16)12(9)14(18-2)13(10)17/h3-5,7,16-17H,6H2,1-2H3. The SMILES string of the molecule is COc1c(O)c(CC(C)=O)cc2cccc(O)c12. The molecule has 94 valence electrons. The van der Waals surface area contributed by atoms with Crippen LogP contribution in [-0.4, -0.2) is 23.1 Å². The van der Waals surface area contributed by atoms with Crippen LogP contribution in [0.15, 0.2) is 24.3 Å². The first kappa shape index (κ1) is 12.2. The first-order chi connectivity index (χ1) is 8.54. The third-order valence-electron chi connectivity index (χ3n) is 2.79. The zero-order chi connectivity index (χ0) is 13.3. The van der Waals surface area contributed by atoms with Gasteiger partial charge in [0.05, 0.1) is 12.5 Å². The van der Waals surface area contributed by atoms with E-state index in [4.69, 9.17) is 4.74 Å². The Kier molecular flexibility index (Phi) is 3.10. The Labute approximate surface area is 104 Å². The van der Waals surface area contributed by atoms with Gasteiger partial charge in [-0.1, -0.05) is 12.1 Å². The van der Waals surface area contributed by atoms with Gasteiger partial charge in [-0.25, -0.2) is 0 Å². The van der Waals surface area contributed by atoms with E-state index in [0.29, 0.717) is 10.9 Å². The Morgan fingerprint density at radius 3 is 2.67 bits per heavy atom. The van der Waals surface area contributed by atoms with Crippen LogP contribution in [-0.2, 0) is 11.2 Å². The molecule has 0 aliphatic rings. The van der Waals surface area contributed by atoms with Crippen LogP contribution in [0.25, 0.3) is 10.8 Å². The van der Waals surface area contributed by atoms with E-state index >= 15 is 0 Å². The predicted octanol–water partition coefficient (Wildman–Crippen LogP) is 2.39. The Morgan fingerprint density at radius 1 is 1.33 bits per heavy atom. The summed E-state index contributed by atoms with van der Waals surface area (Å²) in [5.74, 6) is 0.0874. The lowest BCUT2D eigenvalue weighted by Crippen LogP contribution is -1.98. The van der Waals surface area contributed by atoms with Gasteiger partial charge in [0.2, 0.25) is 0 Å². The number of rotatable bonds is 3. The van der Waals surface area contributed by atoms with Crippen molar-refractivity contribution in [3.63, 3.8) is 0 Å². The lowest BCUT2D eigenvalue weighted by atomic mass is 10.0. The van der Waals surface area contributed by atoms with Crippen LogP contribution < -0.4 is 4.74 Å². The predicted molar refractivity (Wildman–Crippen MR) is 68.2 cm³/mol. The second-order valence-corrected chi connectivity index (χ2v) is 4.17. The summed E-state index contributed by atoms with van der Waals surface area (Å²) in [7, 11) is 1.42. The minimum atomic E-state index is -0.0956. The van der Waals surface area contributed by atoms with Crippen LogP contribution in [0.4, 0.5) is 0 Å². The van der Waals surface area contributed by atoms with Crippen LogP contribution in [0.1, 0.15) is 12.5 Å². The van der Waals surface area contributed by atoms with Crippen molar-refractivity contribution in [1.82, 2.24) is 0 Å². The van der Waals surface area contributed by atoms with Crippen molar-refractivity contribution in [2.24, 2.45) is 0 Å². The summed E-state index contributed by atoms with van der Waals surface area (Å²) < 4.78 is 5.14. The second kappa shape index (κ2) is 4.56. The van der Waals surface area contributed by atoms with Gasteiger partial charge >= 0.3 is 0 Å². The Hall–Kier alpha value is -2.23. The molecule has 2 aromatic carbocycles. The number of Topliss-reactive ketones (excluding diaryl/α,β-unsaturated/α-hetero) is 1. The molecule has 0 aliphatic heterocycles. The van der Waals surface area contributed by atoms with Crippen LogP contribution >= 0.6 is 0 Å². The number of carbonyl (C=O) groups excluding carboxylic acids is 1. The molecule has 18 heavy (non-hydrogen) atoms. The molecule has 2 N–H and O–H groups in total. The number of benzene rings is 2. The van der Waals surface area contributed by atoms with E-state index in [2.05, 4.69) is 0 Å². The van der Waals surface area contributed by atoms with Crippen LogP contribution in [0.3, 0.4) is 0 Å². The monoisotopic (exact) mass is 246 g/mol. The number of hydrogen-bond donors (Lipinski definition) is 2. The van der Waals surface area contributed by atoms with Gasteiger partial charge in [-0.2, -0.15) is 0 Å². The minimum Gasteiger partial charge on any atom is -0.507 e. The maximum Gasteiger partial charge on any atom is 0.172 e. The van der Waals surface area contributed by atoms with E-state index in [1.165, 1.54) is 20.1 Å². The van der Waals surface area contributed by atoms with Crippen molar-refractivity contribution in [2.75, 3.05) is 7.11 Å². The molecule has 2 rings (SSSR count). The number of aromatic hydroxyl groups is 2. The highest BCUT2D eigenvalue weighted by molar-refractivity contribution is 5.97. The van der Waals surface area contributed by atoms with Gasteiger partial charge in [0.1, 0.15) is 11.5 Å². The summed E-state index contributed by atoms with van der Waals surface area (Å²) in [6.45, 7) is 1.46. The number of phenolic OH excluding ortho intramolecular Hbond substituents is 2. The quantitative estimate of drug-likeness (QED) is 0.872. The largest absolute Gasteiger partial charge is 0.507 e. The van der Waals surface area contributed by atoms with E-state index < -0.39 is 0 Å². The minimum absolute atomic E-state index is 0.0361. The molecule has 4 heteroatoms. The van der Waals surface area contributed by atoms with Crippen molar-refractivity contribution >= 4 is 16.6 Å². The van der Waals surface area contributed by atoms with Gasteiger partial charge in [-0.15, -0.1) is 0 Å². The number of ether oxygens (including phenoxy) is 1. The summed E-state index contributed by atoms with van der Waals surface area (Å²) >= 11 is 0. The number of phenols is 2. The highest BCUT2D eigenvalue weighted by atomic mass is 16.5. The van der Waals surface area contributed by atoms with E-state index in [1.54, 1.807) is 18.2 Å². The van der Waals surface area contributed by atoms with E-state index in [-0.39, 0.29) is 29.5 Å². The molecule has 0 bridgehead atoms. The fourth-order valence-electron chi connectivity index (χ4n) is 2.05. The lowest BCUT2D eigenvalue weighted by Gasteiger charge is -2.12. The normalized spacial score (nSPS) is 10.6. The van der Waals surface area contributed by atoms with Gasteiger partial charge in [-0.05, 0) is 24.4 Å². The zero-order valence-electron chi connectivity index (χ0n) is 10.2. The Bertz CT molecular complexity index is 617. The Balaban J connectivity index is 2.78. The van der Waals surface area contributed by atoms with Gasteiger partial charge in [0.15, 0.2) is 11.5 Å². The van der Waals surface area contributed by atoms with E-state index in [9.17, 15) is 15.0 Å². The number of methoxy groups -OCH3 is 1. The van der Waals surface area contributed by atoms with Crippen molar-refractivity contribution < 1.29 is 19.7 Å². The van der Waals surface area contributed by atoms with Crippen molar-refractivity contribution in [3.8, 4) is 17.2 Å². The molecule has 0 fully saturated rings. The lowest BCUT2D eigenvalue weighted by molar-refractivity contribution is -0.116. The smallest absolute Gasteiger partial charge is 0.172 e. The van der Waals surface area contributed by atoms with Crippen molar-refractivity contribution in [1.29, 1.82) is 0 Å². The third kappa shape index (κ3) is 1.97. The maximum absolute atomic E-state index is 11.2. The summed E-state index contributed by atoms with van der Waals surface area (Å²) in [6.07, 6.45) is 0.133. The first-order valence-corrected chi connectivity index (χ1v) is 5.54. The average molecular weight is 246 g/mol. The van der Waals surface area contributed by atoms with E-state index in [1.807, 2.05) is 0 Å². The summed E-state index contributed by atoms with van der Waals surface area (Å²) in [4.78, 5) is 11.2. The fourth-order valence-corrected chi connectivity index (χ4v) is 2.05. The Morgan fingerprint density at radius 2 is 2.06 bits per heavy atom. The molecule has 0 saturated carbocycles. The van der Waals surface area contributed by atoms with Gasteiger partial charge < -0.3 is 14.9 Å². The van der Waals surface area contributed by atoms with Gasteiger partial charge in [-0.3, -0.25) is 4.79 Å². The van der Waals surface area contributed by atoms with Crippen molar-refractivity contribution in [3.05, 3.63) is 29.8 Å². The molecule has 0 heterocycles. The third-order valence-corrected chi connectivity index (χ3v) is 2.79. The number of ketones is 1. The maximum atomic E-state index is 11.2. The van der Waals surface area contributed by atoms with Crippen LogP contribution in [0, 0.1) is 0 Å². The molecule has 2 aromatic rings. The molecule has 0 saturated heterocycles. The van der Waals surface area contributed by atoms with E-state index in [0.717, 1.165) is 5.39 Å². The molecular weight excluding hydrogens is 232 g/mol.